The maximum Gasteiger partial charge on any atom is 0.416 e. The van der Waals surface area contributed by atoms with Gasteiger partial charge in [0.05, 0.1) is 32.6 Å². The van der Waals surface area contributed by atoms with Gasteiger partial charge in [-0.05, 0) is 24.3 Å². The number of alkyl halides is 6. The Morgan fingerprint density at radius 3 is 1.26 bits per heavy atom. The molecule has 0 N–H and O–H groups in total. The number of aromatic nitrogens is 4. The lowest BCUT2D eigenvalue weighted by Gasteiger charge is -2.06. The van der Waals surface area contributed by atoms with Crippen LogP contribution >= 0.6 is 34.4 Å². The summed E-state index contributed by atoms with van der Waals surface area (Å²) in [4.78, 5) is 10.4. The number of thiazole rings is 2. The van der Waals surface area contributed by atoms with Crippen LogP contribution in [0.15, 0.2) is 73.1 Å². The summed E-state index contributed by atoms with van der Waals surface area (Å²) in [6.07, 6.45) is -5.51. The van der Waals surface area contributed by atoms with Gasteiger partial charge in [0.1, 0.15) is 21.0 Å². The highest BCUT2D eigenvalue weighted by Crippen LogP contribution is 2.41. The molecular weight excluding hydrogens is 579 g/mol. The van der Waals surface area contributed by atoms with Crippen molar-refractivity contribution in [3.05, 3.63) is 84.2 Å². The van der Waals surface area contributed by atoms with Gasteiger partial charge in [-0.2, -0.15) is 35.1 Å². The van der Waals surface area contributed by atoms with Crippen LogP contribution in [0.1, 0.15) is 11.1 Å². The van der Waals surface area contributed by atoms with Crippen molar-refractivity contribution >= 4 is 45.4 Å². The molecule has 0 atom stereocenters. The summed E-state index contributed by atoms with van der Waals surface area (Å²) in [6, 6.07) is 13.5. The Hall–Kier alpha value is -3.68. The molecule has 13 heteroatoms. The van der Waals surface area contributed by atoms with Crippen LogP contribution in [-0.2, 0) is 12.4 Å². The van der Waals surface area contributed by atoms with Crippen LogP contribution in [0.4, 0.5) is 26.3 Å². The molecular formula is C26H12F6N4S3. The molecule has 3 heterocycles. The van der Waals surface area contributed by atoms with E-state index < -0.39 is 23.5 Å². The molecule has 0 saturated heterocycles. The minimum atomic E-state index is -4.41. The largest absolute Gasteiger partial charge is 0.416 e. The number of rotatable bonds is 4. The van der Waals surface area contributed by atoms with Crippen molar-refractivity contribution in [2.45, 2.75) is 12.4 Å². The number of halogens is 6. The van der Waals surface area contributed by atoms with Crippen LogP contribution in [0.2, 0.25) is 0 Å². The first-order valence-corrected chi connectivity index (χ1v) is 13.5. The van der Waals surface area contributed by atoms with Gasteiger partial charge in [0.15, 0.2) is 0 Å². The van der Waals surface area contributed by atoms with E-state index in [2.05, 4.69) is 18.7 Å². The zero-order valence-electron chi connectivity index (χ0n) is 19.2. The van der Waals surface area contributed by atoms with Gasteiger partial charge in [0.25, 0.3) is 0 Å². The quantitative estimate of drug-likeness (QED) is 0.192. The molecule has 0 bridgehead atoms. The van der Waals surface area contributed by atoms with Crippen LogP contribution in [0.3, 0.4) is 0 Å². The normalized spacial score (nSPS) is 12.4. The van der Waals surface area contributed by atoms with Crippen LogP contribution in [-0.4, -0.2) is 18.7 Å². The molecule has 0 fully saturated rings. The van der Waals surface area contributed by atoms with Gasteiger partial charge in [0.2, 0.25) is 0 Å². The molecule has 0 aliphatic heterocycles. The number of fused-ring (bicyclic) bond motifs is 1. The Bertz CT molecular complexity index is 1650. The lowest BCUT2D eigenvalue weighted by atomic mass is 10.1. The molecule has 0 aliphatic rings. The van der Waals surface area contributed by atoms with E-state index in [0.29, 0.717) is 32.2 Å². The van der Waals surface area contributed by atoms with E-state index >= 15 is 0 Å². The second-order valence-corrected chi connectivity index (χ2v) is 10.9. The Balaban J connectivity index is 1.31. The third-order valence-corrected chi connectivity index (χ3v) is 8.56. The lowest BCUT2D eigenvalue weighted by molar-refractivity contribution is -0.138. The summed E-state index contributed by atoms with van der Waals surface area (Å²) in [5, 5.41) is 1.14. The average Bonchev–Trinajstić information content (AvgIpc) is 3.68. The van der Waals surface area contributed by atoms with E-state index in [1.54, 1.807) is 12.4 Å². The summed E-state index contributed by atoms with van der Waals surface area (Å²) in [5.41, 5.74) is 2.55. The van der Waals surface area contributed by atoms with Gasteiger partial charge >= 0.3 is 12.4 Å². The Morgan fingerprint density at radius 2 is 0.897 bits per heavy atom. The standard InChI is InChI=1S/C26H12F6N4S3/c27-25(28,29)15-5-1-13(2-6-15)23-33-11-19(37-23)17-9-10-18(22-21(17)35-39-36-22)20-12-34-24(38-20)14-3-7-16(8-4-14)26(30,31)32/h1-12H. The van der Waals surface area contributed by atoms with E-state index in [9.17, 15) is 26.3 Å². The van der Waals surface area contributed by atoms with E-state index in [1.165, 1.54) is 46.9 Å². The van der Waals surface area contributed by atoms with Crippen molar-refractivity contribution in [1.29, 1.82) is 0 Å². The zero-order chi connectivity index (χ0) is 27.4. The summed E-state index contributed by atoms with van der Waals surface area (Å²) >= 11 is 3.70. The molecule has 39 heavy (non-hydrogen) atoms. The van der Waals surface area contributed by atoms with Gasteiger partial charge in [0, 0.05) is 34.6 Å². The maximum absolute atomic E-state index is 12.9. The summed E-state index contributed by atoms with van der Waals surface area (Å²) in [5.74, 6) is 0. The molecule has 0 saturated carbocycles. The van der Waals surface area contributed by atoms with Crippen molar-refractivity contribution in [3.63, 3.8) is 0 Å². The van der Waals surface area contributed by atoms with E-state index in [-0.39, 0.29) is 0 Å². The molecule has 0 amide bonds. The third kappa shape index (κ3) is 4.92. The van der Waals surface area contributed by atoms with Crippen molar-refractivity contribution in [3.8, 4) is 42.0 Å². The van der Waals surface area contributed by atoms with Crippen molar-refractivity contribution < 1.29 is 26.3 Å². The SMILES string of the molecule is FC(F)(F)c1ccc(-c2ncc(-c3ccc(-c4cnc(-c5ccc(C(F)(F)F)cc5)s4)c4nsnc34)s2)cc1. The second kappa shape index (κ2) is 9.50. The minimum Gasteiger partial charge on any atom is -0.244 e. The van der Waals surface area contributed by atoms with Gasteiger partial charge < -0.3 is 0 Å². The fourth-order valence-electron chi connectivity index (χ4n) is 3.93. The Kier molecular flexibility index (Phi) is 6.24. The molecule has 0 radical (unpaired) electrons. The minimum absolute atomic E-state index is 0.572. The van der Waals surface area contributed by atoms with Crippen molar-refractivity contribution in [1.82, 2.24) is 18.7 Å². The van der Waals surface area contributed by atoms with Crippen molar-refractivity contribution in [2.24, 2.45) is 0 Å². The van der Waals surface area contributed by atoms with E-state index in [0.717, 1.165) is 56.9 Å². The molecule has 6 rings (SSSR count). The molecule has 0 aliphatic carbocycles. The predicted molar refractivity (Wildman–Crippen MR) is 141 cm³/mol. The van der Waals surface area contributed by atoms with Gasteiger partial charge in [-0.25, -0.2) is 9.97 Å². The first kappa shape index (κ1) is 25.6. The van der Waals surface area contributed by atoms with Crippen LogP contribution in [0, 0.1) is 0 Å². The molecule has 4 nitrogen and oxygen atoms in total. The van der Waals surface area contributed by atoms with E-state index in [4.69, 9.17) is 0 Å². The topological polar surface area (TPSA) is 51.6 Å². The molecule has 0 spiro atoms. The molecule has 196 valence electrons. The molecule has 0 unspecified atom stereocenters. The fourth-order valence-corrected chi connectivity index (χ4v) is 6.40. The van der Waals surface area contributed by atoms with Crippen LogP contribution in [0.5, 0.6) is 0 Å². The zero-order valence-corrected chi connectivity index (χ0v) is 21.7. The summed E-state index contributed by atoms with van der Waals surface area (Å²) < 4.78 is 86.3. The molecule has 3 aromatic carbocycles. The smallest absolute Gasteiger partial charge is 0.244 e. The first-order chi connectivity index (χ1) is 18.6. The number of hydrogen-bond acceptors (Lipinski definition) is 7. The van der Waals surface area contributed by atoms with Crippen LogP contribution < -0.4 is 0 Å². The highest BCUT2D eigenvalue weighted by Gasteiger charge is 2.31. The van der Waals surface area contributed by atoms with Crippen LogP contribution in [0.25, 0.3) is 53.1 Å². The Labute approximate surface area is 228 Å². The van der Waals surface area contributed by atoms with E-state index in [1.807, 2.05) is 12.1 Å². The predicted octanol–water partition coefficient (Wildman–Crippen LogP) is 9.31. The van der Waals surface area contributed by atoms with Gasteiger partial charge in [-0.3, -0.25) is 0 Å². The highest BCUT2D eigenvalue weighted by molar-refractivity contribution is 7.19. The first-order valence-electron chi connectivity index (χ1n) is 11.1. The summed E-state index contributed by atoms with van der Waals surface area (Å²) in [6.45, 7) is 0. The maximum atomic E-state index is 12.9. The molecule has 6 aromatic rings. The summed E-state index contributed by atoms with van der Waals surface area (Å²) in [7, 11) is 0. The fraction of sp³-hybridized carbons (Fsp3) is 0.0769. The third-order valence-electron chi connectivity index (χ3n) is 5.88. The second-order valence-electron chi connectivity index (χ2n) is 8.33. The lowest BCUT2D eigenvalue weighted by Crippen LogP contribution is -2.03. The average molecular weight is 591 g/mol. The highest BCUT2D eigenvalue weighted by atomic mass is 32.1. The molecule has 3 aromatic heterocycles. The number of hydrogen-bond donors (Lipinski definition) is 0. The number of nitrogens with zero attached hydrogens (tertiary/aromatic N) is 4. The van der Waals surface area contributed by atoms with Crippen molar-refractivity contribution in [2.75, 3.05) is 0 Å². The number of benzene rings is 3. The van der Waals surface area contributed by atoms with Gasteiger partial charge in [-0.15, -0.1) is 22.7 Å². The monoisotopic (exact) mass is 590 g/mol. The van der Waals surface area contributed by atoms with Gasteiger partial charge in [-0.1, -0.05) is 36.4 Å². The Morgan fingerprint density at radius 1 is 0.513 bits per heavy atom.